The van der Waals surface area contributed by atoms with E-state index in [0.717, 1.165) is 11.6 Å². The number of benzene rings is 2. The minimum absolute atomic E-state index is 0.144. The van der Waals surface area contributed by atoms with Gasteiger partial charge in [0.25, 0.3) is 5.56 Å². The summed E-state index contributed by atoms with van der Waals surface area (Å²) >= 11 is 0. The molecule has 0 aliphatic heterocycles. The predicted molar refractivity (Wildman–Crippen MR) is 130 cm³/mol. The first-order valence-electron chi connectivity index (χ1n) is 10.9. The quantitative estimate of drug-likeness (QED) is 0.279. The van der Waals surface area contributed by atoms with Crippen LogP contribution in [0.25, 0.3) is 22.2 Å². The SMILES string of the molecule is CS(=O)(=O)c1ccc(-c2noc(CCC(=O)NCCCNc3n[nH]c(=O)c4ccccc34)n2)cc1. The van der Waals surface area contributed by atoms with Crippen LogP contribution < -0.4 is 16.2 Å². The zero-order valence-electron chi connectivity index (χ0n) is 18.9. The van der Waals surface area contributed by atoms with E-state index >= 15 is 0 Å². The van der Waals surface area contributed by atoms with E-state index in [0.29, 0.717) is 48.0 Å². The number of H-pyrrole nitrogens is 1. The third-order valence-electron chi connectivity index (χ3n) is 5.24. The molecule has 0 saturated heterocycles. The number of carbonyl (C=O) groups excluding carboxylic acids is 1. The minimum atomic E-state index is -3.28. The summed E-state index contributed by atoms with van der Waals surface area (Å²) in [5, 5.41) is 17.7. The average Bonchev–Trinajstić information content (AvgIpc) is 3.33. The number of nitrogens with zero attached hydrogens (tertiary/aromatic N) is 3. The van der Waals surface area contributed by atoms with Gasteiger partial charge in [-0.2, -0.15) is 10.1 Å². The standard InChI is InChI=1S/C23H24N6O5S/c1-35(32,33)16-9-7-15(8-10-16)21-26-20(34-29-21)12-11-19(30)24-13-4-14-25-22-17-5-2-3-6-18(17)23(31)28-27-22/h2-3,5-10H,4,11-14H2,1H3,(H,24,30)(H,25,27)(H,28,31). The van der Waals surface area contributed by atoms with Gasteiger partial charge < -0.3 is 15.2 Å². The third kappa shape index (κ3) is 6.09. The number of nitrogens with one attached hydrogen (secondary N) is 3. The van der Waals surface area contributed by atoms with Crippen LogP contribution in [-0.4, -0.2) is 54.0 Å². The normalized spacial score (nSPS) is 11.5. The van der Waals surface area contributed by atoms with Crippen molar-refractivity contribution < 1.29 is 17.7 Å². The van der Waals surface area contributed by atoms with E-state index in [1.165, 1.54) is 12.1 Å². The number of carbonyl (C=O) groups is 1. The summed E-state index contributed by atoms with van der Waals surface area (Å²) in [7, 11) is -3.28. The molecule has 0 saturated carbocycles. The lowest BCUT2D eigenvalue weighted by Crippen LogP contribution is -2.26. The van der Waals surface area contributed by atoms with Crippen LogP contribution in [0, 0.1) is 0 Å². The molecule has 2 heterocycles. The van der Waals surface area contributed by atoms with E-state index in [1.807, 2.05) is 12.1 Å². The molecule has 1 amide bonds. The number of sulfone groups is 1. The lowest BCUT2D eigenvalue weighted by atomic mass is 10.2. The molecular weight excluding hydrogens is 472 g/mol. The fraction of sp³-hybridized carbons (Fsp3) is 0.261. The Morgan fingerprint density at radius 3 is 2.54 bits per heavy atom. The number of rotatable bonds is 10. The van der Waals surface area contributed by atoms with Crippen LogP contribution >= 0.6 is 0 Å². The Labute approximate surface area is 200 Å². The van der Waals surface area contributed by atoms with Crippen molar-refractivity contribution in [2.75, 3.05) is 24.7 Å². The second-order valence-electron chi connectivity index (χ2n) is 7.89. The minimum Gasteiger partial charge on any atom is -0.368 e. The zero-order valence-corrected chi connectivity index (χ0v) is 19.8. The van der Waals surface area contributed by atoms with Crippen LogP contribution in [-0.2, 0) is 21.1 Å². The number of hydrogen-bond acceptors (Lipinski definition) is 9. The first-order valence-corrected chi connectivity index (χ1v) is 12.8. The van der Waals surface area contributed by atoms with Crippen molar-refractivity contribution >= 4 is 32.3 Å². The summed E-state index contributed by atoms with van der Waals surface area (Å²) in [5.74, 6) is 1.09. The molecule has 0 aliphatic carbocycles. The van der Waals surface area contributed by atoms with Gasteiger partial charge in [0.2, 0.25) is 17.6 Å². The second-order valence-corrected chi connectivity index (χ2v) is 9.90. The van der Waals surface area contributed by atoms with Crippen molar-refractivity contribution in [3.8, 4) is 11.4 Å². The smallest absolute Gasteiger partial charge is 0.272 e. The number of amides is 1. The highest BCUT2D eigenvalue weighted by Crippen LogP contribution is 2.19. The highest BCUT2D eigenvalue weighted by atomic mass is 32.2. The maximum absolute atomic E-state index is 12.1. The monoisotopic (exact) mass is 496 g/mol. The van der Waals surface area contributed by atoms with Gasteiger partial charge in [-0.1, -0.05) is 23.4 Å². The summed E-state index contributed by atoms with van der Waals surface area (Å²) in [6.45, 7) is 1.03. The first-order chi connectivity index (χ1) is 16.8. The second kappa shape index (κ2) is 10.5. The van der Waals surface area contributed by atoms with Crippen molar-refractivity contribution in [3.63, 3.8) is 0 Å². The Bertz CT molecular complexity index is 1490. The number of anilines is 1. The fourth-order valence-electron chi connectivity index (χ4n) is 3.41. The summed E-state index contributed by atoms with van der Waals surface area (Å²) in [5.41, 5.74) is 0.380. The van der Waals surface area contributed by atoms with Crippen LogP contribution in [0.1, 0.15) is 18.7 Å². The molecule has 0 radical (unpaired) electrons. The summed E-state index contributed by atoms with van der Waals surface area (Å²) in [6, 6.07) is 13.4. The number of aromatic amines is 1. The third-order valence-corrected chi connectivity index (χ3v) is 6.37. The molecule has 182 valence electrons. The predicted octanol–water partition coefficient (Wildman–Crippen LogP) is 1.93. The molecule has 0 bridgehead atoms. The molecule has 12 heteroatoms. The van der Waals surface area contributed by atoms with Crippen LogP contribution in [0.3, 0.4) is 0 Å². The highest BCUT2D eigenvalue weighted by Gasteiger charge is 2.12. The number of aryl methyl sites for hydroxylation is 1. The Hall–Kier alpha value is -4.06. The van der Waals surface area contributed by atoms with E-state index in [9.17, 15) is 18.0 Å². The fourth-order valence-corrected chi connectivity index (χ4v) is 4.04. The average molecular weight is 497 g/mol. The Kier molecular flexibility index (Phi) is 7.20. The first kappa shape index (κ1) is 24.1. The van der Waals surface area contributed by atoms with Gasteiger partial charge in [-0.05, 0) is 36.8 Å². The Balaban J connectivity index is 1.20. The largest absolute Gasteiger partial charge is 0.368 e. The Morgan fingerprint density at radius 2 is 1.80 bits per heavy atom. The molecule has 0 fully saturated rings. The molecule has 0 aliphatic rings. The van der Waals surface area contributed by atoms with Gasteiger partial charge in [-0.25, -0.2) is 13.5 Å². The summed E-state index contributed by atoms with van der Waals surface area (Å²) in [4.78, 5) is 28.5. The molecule has 4 aromatic rings. The molecule has 2 aromatic heterocycles. The van der Waals surface area contributed by atoms with E-state index < -0.39 is 9.84 Å². The lowest BCUT2D eigenvalue weighted by Gasteiger charge is -2.08. The van der Waals surface area contributed by atoms with Crippen molar-refractivity contribution in [3.05, 3.63) is 64.8 Å². The van der Waals surface area contributed by atoms with Crippen molar-refractivity contribution in [1.82, 2.24) is 25.7 Å². The van der Waals surface area contributed by atoms with Gasteiger partial charge in [-0.15, -0.1) is 0 Å². The molecule has 35 heavy (non-hydrogen) atoms. The van der Waals surface area contributed by atoms with Crippen LogP contribution in [0.15, 0.2) is 62.7 Å². The van der Waals surface area contributed by atoms with Gasteiger partial charge in [0, 0.05) is 43.1 Å². The number of hydrogen-bond donors (Lipinski definition) is 3. The van der Waals surface area contributed by atoms with Crippen LogP contribution in [0.4, 0.5) is 5.82 Å². The molecule has 0 atom stereocenters. The van der Waals surface area contributed by atoms with Crippen LogP contribution in [0.2, 0.25) is 0 Å². The van der Waals surface area contributed by atoms with Gasteiger partial charge in [0.15, 0.2) is 15.7 Å². The van der Waals surface area contributed by atoms with Crippen molar-refractivity contribution in [1.29, 1.82) is 0 Å². The van der Waals surface area contributed by atoms with E-state index in [-0.39, 0.29) is 29.2 Å². The summed E-state index contributed by atoms with van der Waals surface area (Å²) in [6.07, 6.45) is 2.27. The maximum Gasteiger partial charge on any atom is 0.272 e. The molecule has 2 aromatic carbocycles. The topological polar surface area (TPSA) is 160 Å². The van der Waals surface area contributed by atoms with Gasteiger partial charge in [0.05, 0.1) is 10.3 Å². The van der Waals surface area contributed by atoms with Gasteiger partial charge in [-0.3, -0.25) is 9.59 Å². The molecule has 0 spiro atoms. The molecule has 11 nitrogen and oxygen atoms in total. The Morgan fingerprint density at radius 1 is 1.06 bits per heavy atom. The zero-order chi connectivity index (χ0) is 24.8. The van der Waals surface area contributed by atoms with Crippen LogP contribution in [0.5, 0.6) is 0 Å². The van der Waals surface area contributed by atoms with E-state index in [4.69, 9.17) is 4.52 Å². The van der Waals surface area contributed by atoms with E-state index in [1.54, 1.807) is 24.3 Å². The lowest BCUT2D eigenvalue weighted by molar-refractivity contribution is -0.121. The number of fused-ring (bicyclic) bond motifs is 1. The van der Waals surface area contributed by atoms with Crippen molar-refractivity contribution in [2.45, 2.75) is 24.2 Å². The summed E-state index contributed by atoms with van der Waals surface area (Å²) < 4.78 is 28.3. The maximum atomic E-state index is 12.1. The van der Waals surface area contributed by atoms with Gasteiger partial charge in [0.1, 0.15) is 0 Å². The molecule has 0 unspecified atom stereocenters. The molecular formula is C23H24N6O5S. The molecule has 4 rings (SSSR count). The molecule has 3 N–H and O–H groups in total. The highest BCUT2D eigenvalue weighted by molar-refractivity contribution is 7.90. The van der Waals surface area contributed by atoms with Crippen molar-refractivity contribution in [2.24, 2.45) is 0 Å². The number of aromatic nitrogens is 4. The van der Waals surface area contributed by atoms with E-state index in [2.05, 4.69) is 31.0 Å². The van der Waals surface area contributed by atoms with Gasteiger partial charge >= 0.3 is 0 Å².